The maximum absolute atomic E-state index is 12.9. The molecule has 3 aromatic rings. The van der Waals surface area contributed by atoms with Crippen molar-refractivity contribution in [3.05, 3.63) is 35.1 Å². The van der Waals surface area contributed by atoms with Crippen LogP contribution < -0.4 is 9.47 Å². The highest BCUT2D eigenvalue weighted by Crippen LogP contribution is 2.25. The Hall–Kier alpha value is -2.48. The van der Waals surface area contributed by atoms with Gasteiger partial charge in [-0.25, -0.2) is 4.98 Å². The number of ether oxygens (including phenoxy) is 2. The molecule has 0 saturated carbocycles. The molecule has 0 amide bonds. The number of H-pyrrole nitrogens is 1. The molecule has 0 aliphatic rings. The monoisotopic (exact) mass is 353 g/mol. The van der Waals surface area contributed by atoms with E-state index in [1.807, 2.05) is 0 Å². The van der Waals surface area contributed by atoms with Crippen molar-refractivity contribution in [3.63, 3.8) is 0 Å². The average Bonchev–Trinajstić information content (AvgIpc) is 3.08. The van der Waals surface area contributed by atoms with E-state index in [1.54, 1.807) is 12.1 Å². The second-order valence-electron chi connectivity index (χ2n) is 4.71. The quantitative estimate of drug-likeness (QED) is 0.757. The second kappa shape index (κ2) is 6.56. The van der Waals surface area contributed by atoms with Crippen molar-refractivity contribution in [1.82, 2.24) is 19.9 Å². The molecule has 3 rings (SSSR count). The van der Waals surface area contributed by atoms with Gasteiger partial charge < -0.3 is 14.5 Å². The van der Waals surface area contributed by atoms with Gasteiger partial charge in [0.1, 0.15) is 5.75 Å². The number of nitrogens with one attached hydrogen (secondary N) is 1. The number of imidazole rings is 1. The number of aromatic amines is 1. The van der Waals surface area contributed by atoms with Crippen molar-refractivity contribution in [2.24, 2.45) is 0 Å². The number of fused-ring (bicyclic) bond motifs is 1. The number of pyridine rings is 2. The van der Waals surface area contributed by atoms with Gasteiger partial charge in [0.25, 0.3) is 0 Å². The van der Waals surface area contributed by atoms with Gasteiger partial charge in [-0.15, -0.1) is 0 Å². The first-order valence-corrected chi connectivity index (χ1v) is 8.06. The third kappa shape index (κ3) is 2.96. The van der Waals surface area contributed by atoms with Crippen LogP contribution in [0.2, 0.25) is 0 Å². The van der Waals surface area contributed by atoms with Gasteiger partial charge in [0.05, 0.1) is 43.4 Å². The van der Waals surface area contributed by atoms with Crippen molar-refractivity contribution in [2.45, 2.75) is 24.6 Å². The summed E-state index contributed by atoms with van der Waals surface area (Å²) < 4.78 is 77.4. The predicted octanol–water partition coefficient (Wildman–Crippen LogP) is 2.29. The van der Waals surface area contributed by atoms with Crippen molar-refractivity contribution < 1.29 is 23.3 Å². The van der Waals surface area contributed by atoms with Crippen LogP contribution in [0.3, 0.4) is 0 Å². The van der Waals surface area contributed by atoms with E-state index in [4.69, 9.17) is 19.1 Å². The molecule has 0 radical (unpaired) electrons. The van der Waals surface area contributed by atoms with Gasteiger partial charge in [0.2, 0.25) is 5.88 Å². The molecule has 8 heteroatoms. The summed E-state index contributed by atoms with van der Waals surface area (Å²) in [6.45, 7) is -5.65. The minimum atomic E-state index is -2.83. The Morgan fingerprint density at radius 3 is 2.88 bits per heavy atom. The van der Waals surface area contributed by atoms with Crippen LogP contribution in [0.1, 0.15) is 26.4 Å². The zero-order valence-electron chi connectivity index (χ0n) is 19.8. The Kier molecular flexibility index (Phi) is 2.66. The minimum absolute atomic E-state index is 0.0134. The van der Waals surface area contributed by atoms with Gasteiger partial charge in [-0.1, -0.05) is 0 Å². The number of nitrogens with zero attached hydrogens (tertiary/aromatic N) is 3. The Morgan fingerprint density at radius 2 is 2.17 bits per heavy atom. The molecule has 1 unspecified atom stereocenters. The number of rotatable bonds is 5. The lowest BCUT2D eigenvalue weighted by molar-refractivity contribution is 0.399. The zero-order valence-corrected chi connectivity index (χ0v) is 13.7. The number of aromatic nitrogens is 4. The van der Waals surface area contributed by atoms with E-state index in [-0.39, 0.29) is 16.5 Å². The molecular formula is C16H18N4O3S. The molecule has 3 aromatic heterocycles. The summed E-state index contributed by atoms with van der Waals surface area (Å²) in [5, 5.41) is 0.0134. The first-order chi connectivity index (χ1) is 14.4. The molecule has 24 heavy (non-hydrogen) atoms. The normalized spacial score (nSPS) is 17.7. The van der Waals surface area contributed by atoms with Gasteiger partial charge in [0, 0.05) is 31.6 Å². The predicted molar refractivity (Wildman–Crippen MR) is 90.8 cm³/mol. The standard InChI is InChI=1S/C16H18N4O3S/c1-9-7-17-12(10(2)14(9)23-4)8-24(21)16-18-11-5-6-13(22-3)19-15(11)20-16/h5-7H,8H2,1-4H3,(H,18,19,20)/i1D3,2D3,7D. The van der Waals surface area contributed by atoms with Gasteiger partial charge in [0.15, 0.2) is 10.8 Å². The molecule has 1 atom stereocenters. The SMILES string of the molecule is [2H]c1nc(CS(=O)c2nc3nc(OC)ccc3[nH]2)c(C([2H])([2H])[2H])c(OC)c1C([2H])([2H])[2H]. The van der Waals surface area contributed by atoms with E-state index >= 15 is 0 Å². The summed E-state index contributed by atoms with van der Waals surface area (Å²) in [7, 11) is 0.644. The van der Waals surface area contributed by atoms with Crippen LogP contribution in [-0.4, -0.2) is 38.4 Å². The second-order valence-corrected chi connectivity index (χ2v) is 6.08. The van der Waals surface area contributed by atoms with E-state index in [0.717, 1.165) is 7.11 Å². The maximum atomic E-state index is 12.9. The molecule has 0 saturated heterocycles. The van der Waals surface area contributed by atoms with Crippen LogP contribution in [0.15, 0.2) is 23.5 Å². The maximum Gasteiger partial charge on any atom is 0.215 e. The van der Waals surface area contributed by atoms with E-state index < -0.39 is 53.3 Å². The van der Waals surface area contributed by atoms with E-state index in [0.29, 0.717) is 11.4 Å². The van der Waals surface area contributed by atoms with Crippen molar-refractivity contribution in [2.75, 3.05) is 14.2 Å². The number of methoxy groups -OCH3 is 2. The van der Waals surface area contributed by atoms with Crippen LogP contribution >= 0.6 is 0 Å². The van der Waals surface area contributed by atoms with Gasteiger partial charge >= 0.3 is 0 Å². The van der Waals surface area contributed by atoms with Crippen molar-refractivity contribution >= 4 is 22.0 Å². The largest absolute Gasteiger partial charge is 0.496 e. The fourth-order valence-corrected chi connectivity index (χ4v) is 3.07. The Balaban J connectivity index is 2.10. The fourth-order valence-electron chi connectivity index (χ4n) is 2.06. The van der Waals surface area contributed by atoms with Crippen LogP contribution in [0.4, 0.5) is 0 Å². The molecule has 0 bridgehead atoms. The van der Waals surface area contributed by atoms with Crippen LogP contribution in [0.5, 0.6) is 11.6 Å². The molecule has 0 aliphatic heterocycles. The molecule has 0 aliphatic carbocycles. The highest BCUT2D eigenvalue weighted by Gasteiger charge is 2.16. The van der Waals surface area contributed by atoms with Gasteiger partial charge in [-0.05, 0) is 19.8 Å². The molecule has 1 N–H and O–H groups in total. The Morgan fingerprint density at radius 1 is 1.29 bits per heavy atom. The number of hydrogen-bond donors (Lipinski definition) is 1. The van der Waals surface area contributed by atoms with Crippen LogP contribution in [0.25, 0.3) is 11.2 Å². The Bertz CT molecular complexity index is 1160. The van der Waals surface area contributed by atoms with Crippen molar-refractivity contribution in [1.29, 1.82) is 0 Å². The lowest BCUT2D eigenvalue weighted by Crippen LogP contribution is -2.05. The van der Waals surface area contributed by atoms with E-state index in [2.05, 4.69) is 19.9 Å². The number of hydrogen-bond acceptors (Lipinski definition) is 6. The lowest BCUT2D eigenvalue weighted by atomic mass is 10.1. The summed E-state index contributed by atoms with van der Waals surface area (Å²) in [5.41, 5.74) is -0.607. The molecule has 0 spiro atoms. The van der Waals surface area contributed by atoms with Crippen molar-refractivity contribution in [3.8, 4) is 11.6 Å². The summed E-state index contributed by atoms with van der Waals surface area (Å²) in [4.78, 5) is 15.0. The summed E-state index contributed by atoms with van der Waals surface area (Å²) in [5.74, 6) is -0.608. The highest BCUT2D eigenvalue weighted by atomic mass is 32.2. The van der Waals surface area contributed by atoms with Crippen LogP contribution in [-0.2, 0) is 16.6 Å². The first kappa shape index (κ1) is 9.73. The van der Waals surface area contributed by atoms with Gasteiger partial charge in [-0.3, -0.25) is 9.19 Å². The molecule has 0 fully saturated rings. The minimum Gasteiger partial charge on any atom is -0.496 e. The highest BCUT2D eigenvalue weighted by molar-refractivity contribution is 7.84. The topological polar surface area (TPSA) is 90.0 Å². The van der Waals surface area contributed by atoms with Crippen LogP contribution in [0, 0.1) is 13.7 Å². The summed E-state index contributed by atoms with van der Waals surface area (Å²) in [6, 6.07) is 3.23. The zero-order chi connectivity index (χ0) is 23.1. The molecule has 0 aromatic carbocycles. The average molecular weight is 353 g/mol. The molecule has 7 nitrogen and oxygen atoms in total. The lowest BCUT2D eigenvalue weighted by Gasteiger charge is -2.11. The Labute approximate surface area is 151 Å². The third-order valence-electron chi connectivity index (χ3n) is 3.24. The van der Waals surface area contributed by atoms with Gasteiger partial charge in [-0.2, -0.15) is 4.98 Å². The van der Waals surface area contributed by atoms with E-state index in [9.17, 15) is 4.21 Å². The fraction of sp³-hybridized carbons (Fsp3) is 0.312. The van der Waals surface area contributed by atoms with E-state index in [1.165, 1.54) is 7.11 Å². The smallest absolute Gasteiger partial charge is 0.215 e. The summed E-state index contributed by atoms with van der Waals surface area (Å²) in [6.07, 6.45) is -0.673. The third-order valence-corrected chi connectivity index (χ3v) is 4.40. The first-order valence-electron chi connectivity index (χ1n) is 10.2. The molecule has 126 valence electrons. The molecular weight excluding hydrogens is 328 g/mol. The molecule has 3 heterocycles. The summed E-state index contributed by atoms with van der Waals surface area (Å²) >= 11 is 0.